The molecule has 0 radical (unpaired) electrons. The van der Waals surface area contributed by atoms with E-state index < -0.39 is 0 Å². The van der Waals surface area contributed by atoms with Crippen LogP contribution in [0.25, 0.3) is 10.9 Å². The lowest BCUT2D eigenvalue weighted by Gasteiger charge is -2.11. The summed E-state index contributed by atoms with van der Waals surface area (Å²) in [5.41, 5.74) is 2.87. The number of ether oxygens (including phenoxy) is 1. The molecule has 20 heavy (non-hydrogen) atoms. The summed E-state index contributed by atoms with van der Waals surface area (Å²) in [7, 11) is 1.67. The molecule has 3 aromatic rings. The Morgan fingerprint density at radius 3 is 2.75 bits per heavy atom. The summed E-state index contributed by atoms with van der Waals surface area (Å²) in [5.74, 6) is 0.814. The van der Waals surface area contributed by atoms with Crippen molar-refractivity contribution in [3.8, 4) is 5.75 Å². The van der Waals surface area contributed by atoms with Gasteiger partial charge in [0.15, 0.2) is 0 Å². The fraction of sp³-hybridized carbons (Fsp3) is 0.125. The number of rotatable bonds is 4. The molecule has 0 saturated carbocycles. The van der Waals surface area contributed by atoms with Crippen molar-refractivity contribution in [3.05, 3.63) is 60.6 Å². The van der Waals surface area contributed by atoms with Crippen molar-refractivity contribution >= 4 is 16.6 Å². The van der Waals surface area contributed by atoms with E-state index in [1.54, 1.807) is 19.5 Å². The third-order valence-electron chi connectivity index (χ3n) is 3.10. The standard InChI is InChI=1S/C16H15N3O/c1-20-14-9-12-5-4-8-18-16(12)15(10-14)19-11-13-6-2-3-7-17-13/h2-10,19H,11H2,1H3. The van der Waals surface area contributed by atoms with E-state index in [0.29, 0.717) is 6.54 Å². The first-order chi connectivity index (χ1) is 9.86. The summed E-state index contributed by atoms with van der Waals surface area (Å²) >= 11 is 0. The quantitative estimate of drug-likeness (QED) is 0.786. The van der Waals surface area contributed by atoms with Crippen LogP contribution in [0.1, 0.15) is 5.69 Å². The molecule has 0 aliphatic carbocycles. The first-order valence-electron chi connectivity index (χ1n) is 6.43. The predicted molar refractivity (Wildman–Crippen MR) is 79.9 cm³/mol. The monoisotopic (exact) mass is 265 g/mol. The Morgan fingerprint density at radius 1 is 1.05 bits per heavy atom. The van der Waals surface area contributed by atoms with Crippen LogP contribution in [-0.2, 0) is 6.54 Å². The second kappa shape index (κ2) is 5.57. The molecule has 3 rings (SSSR count). The maximum Gasteiger partial charge on any atom is 0.121 e. The van der Waals surface area contributed by atoms with Crippen LogP contribution in [0.3, 0.4) is 0 Å². The van der Waals surface area contributed by atoms with Gasteiger partial charge in [-0.25, -0.2) is 0 Å². The average Bonchev–Trinajstić information content (AvgIpc) is 2.53. The van der Waals surface area contributed by atoms with Gasteiger partial charge in [-0.05, 0) is 24.3 Å². The fourth-order valence-corrected chi connectivity index (χ4v) is 2.11. The maximum absolute atomic E-state index is 5.33. The summed E-state index contributed by atoms with van der Waals surface area (Å²) in [4.78, 5) is 8.73. The Balaban J connectivity index is 1.93. The van der Waals surface area contributed by atoms with Crippen LogP contribution in [0.2, 0.25) is 0 Å². The molecular formula is C16H15N3O. The summed E-state index contributed by atoms with van der Waals surface area (Å²) in [5, 5.41) is 4.42. The van der Waals surface area contributed by atoms with Gasteiger partial charge in [-0.15, -0.1) is 0 Å². The number of aromatic nitrogens is 2. The molecule has 1 N–H and O–H groups in total. The van der Waals surface area contributed by atoms with Crippen LogP contribution in [0, 0.1) is 0 Å². The van der Waals surface area contributed by atoms with Crippen molar-refractivity contribution in [2.24, 2.45) is 0 Å². The molecule has 2 aromatic heterocycles. The highest BCUT2D eigenvalue weighted by Gasteiger charge is 2.05. The first-order valence-corrected chi connectivity index (χ1v) is 6.43. The molecule has 0 spiro atoms. The Morgan fingerprint density at radius 2 is 1.95 bits per heavy atom. The Labute approximate surface area is 117 Å². The molecule has 4 heteroatoms. The van der Waals surface area contributed by atoms with E-state index in [1.165, 1.54) is 0 Å². The van der Waals surface area contributed by atoms with Crippen molar-refractivity contribution < 1.29 is 4.74 Å². The van der Waals surface area contributed by atoms with E-state index in [9.17, 15) is 0 Å². The van der Waals surface area contributed by atoms with Gasteiger partial charge in [0.05, 0.1) is 30.6 Å². The largest absolute Gasteiger partial charge is 0.497 e. The highest BCUT2D eigenvalue weighted by Crippen LogP contribution is 2.27. The molecular weight excluding hydrogens is 250 g/mol. The molecule has 0 atom stereocenters. The van der Waals surface area contributed by atoms with Crippen molar-refractivity contribution in [1.82, 2.24) is 9.97 Å². The lowest BCUT2D eigenvalue weighted by Crippen LogP contribution is -2.02. The number of methoxy groups -OCH3 is 1. The highest BCUT2D eigenvalue weighted by atomic mass is 16.5. The molecule has 1 aromatic carbocycles. The van der Waals surface area contributed by atoms with Gasteiger partial charge < -0.3 is 10.1 Å². The Bertz CT molecular complexity index is 713. The van der Waals surface area contributed by atoms with Crippen LogP contribution in [0.15, 0.2) is 54.9 Å². The molecule has 0 amide bonds. The van der Waals surface area contributed by atoms with Gasteiger partial charge in [0.2, 0.25) is 0 Å². The Kier molecular flexibility index (Phi) is 3.46. The van der Waals surface area contributed by atoms with Crippen molar-refractivity contribution in [2.45, 2.75) is 6.54 Å². The highest BCUT2D eigenvalue weighted by molar-refractivity contribution is 5.91. The number of benzene rings is 1. The number of hydrogen-bond donors (Lipinski definition) is 1. The normalized spacial score (nSPS) is 10.4. The van der Waals surface area contributed by atoms with Crippen LogP contribution in [0.4, 0.5) is 5.69 Å². The number of anilines is 1. The lowest BCUT2D eigenvalue weighted by molar-refractivity contribution is 0.415. The second-order valence-electron chi connectivity index (χ2n) is 4.42. The lowest BCUT2D eigenvalue weighted by atomic mass is 10.1. The zero-order valence-corrected chi connectivity index (χ0v) is 11.2. The minimum Gasteiger partial charge on any atom is -0.497 e. The van der Waals surface area contributed by atoms with Crippen LogP contribution >= 0.6 is 0 Å². The Hall–Kier alpha value is -2.62. The van der Waals surface area contributed by atoms with E-state index in [-0.39, 0.29) is 0 Å². The van der Waals surface area contributed by atoms with Crippen molar-refractivity contribution in [2.75, 3.05) is 12.4 Å². The van der Waals surface area contributed by atoms with Crippen LogP contribution in [0.5, 0.6) is 5.75 Å². The molecule has 0 saturated heterocycles. The molecule has 0 bridgehead atoms. The molecule has 0 fully saturated rings. The van der Waals surface area contributed by atoms with Gasteiger partial charge in [0.1, 0.15) is 5.75 Å². The zero-order valence-electron chi connectivity index (χ0n) is 11.2. The minimum atomic E-state index is 0.652. The predicted octanol–water partition coefficient (Wildman–Crippen LogP) is 3.25. The molecule has 100 valence electrons. The molecule has 2 heterocycles. The number of hydrogen-bond acceptors (Lipinski definition) is 4. The van der Waals surface area contributed by atoms with Gasteiger partial charge in [0.25, 0.3) is 0 Å². The van der Waals surface area contributed by atoms with Crippen molar-refractivity contribution in [1.29, 1.82) is 0 Å². The van der Waals surface area contributed by atoms with Gasteiger partial charge in [0, 0.05) is 23.8 Å². The summed E-state index contributed by atoms with van der Waals surface area (Å²) < 4.78 is 5.33. The van der Waals surface area contributed by atoms with Gasteiger partial charge >= 0.3 is 0 Å². The third-order valence-corrected chi connectivity index (χ3v) is 3.10. The van der Waals surface area contributed by atoms with E-state index in [2.05, 4.69) is 15.3 Å². The number of nitrogens with one attached hydrogen (secondary N) is 1. The third kappa shape index (κ3) is 2.54. The van der Waals surface area contributed by atoms with E-state index in [4.69, 9.17) is 4.74 Å². The van der Waals surface area contributed by atoms with E-state index >= 15 is 0 Å². The van der Waals surface area contributed by atoms with E-state index in [0.717, 1.165) is 28.0 Å². The SMILES string of the molecule is COc1cc(NCc2ccccn2)c2ncccc2c1. The minimum absolute atomic E-state index is 0.652. The summed E-state index contributed by atoms with van der Waals surface area (Å²) in [6, 6.07) is 13.8. The molecule has 4 nitrogen and oxygen atoms in total. The van der Waals surface area contributed by atoms with Crippen LogP contribution in [-0.4, -0.2) is 17.1 Å². The molecule has 0 aliphatic rings. The number of nitrogens with zero attached hydrogens (tertiary/aromatic N) is 2. The maximum atomic E-state index is 5.33. The van der Waals surface area contributed by atoms with Gasteiger partial charge in [-0.3, -0.25) is 9.97 Å². The summed E-state index contributed by atoms with van der Waals surface area (Å²) in [6.45, 7) is 0.652. The average molecular weight is 265 g/mol. The first kappa shape index (κ1) is 12.4. The molecule has 0 unspecified atom stereocenters. The molecule has 0 aliphatic heterocycles. The van der Waals surface area contributed by atoms with Crippen LogP contribution < -0.4 is 10.1 Å². The van der Waals surface area contributed by atoms with Gasteiger partial charge in [-0.2, -0.15) is 0 Å². The number of pyridine rings is 2. The van der Waals surface area contributed by atoms with Gasteiger partial charge in [-0.1, -0.05) is 12.1 Å². The van der Waals surface area contributed by atoms with Crippen molar-refractivity contribution in [3.63, 3.8) is 0 Å². The smallest absolute Gasteiger partial charge is 0.121 e. The zero-order chi connectivity index (χ0) is 13.8. The van der Waals surface area contributed by atoms with E-state index in [1.807, 2.05) is 42.5 Å². The fourth-order valence-electron chi connectivity index (χ4n) is 2.11. The summed E-state index contributed by atoms with van der Waals surface area (Å²) in [6.07, 6.45) is 3.58. The topological polar surface area (TPSA) is 47.0 Å². The number of fused-ring (bicyclic) bond motifs is 1. The second-order valence-corrected chi connectivity index (χ2v) is 4.42.